The highest BCUT2D eigenvalue weighted by atomic mass is 32.2. The Bertz CT molecular complexity index is 899. The van der Waals surface area contributed by atoms with Gasteiger partial charge >= 0.3 is 0 Å². The number of aryl methyl sites for hydroxylation is 3. The van der Waals surface area contributed by atoms with Crippen molar-refractivity contribution in [2.24, 2.45) is 0 Å². The molecular weight excluding hydrogens is 356 g/mol. The Hall–Kier alpha value is -1.25. The number of aromatic nitrogens is 2. The molecule has 0 atom stereocenters. The highest BCUT2D eigenvalue weighted by molar-refractivity contribution is 7.88. The largest absolute Gasteiger partial charge is 0.356 e. The maximum absolute atomic E-state index is 11.5. The second-order valence-corrected chi connectivity index (χ2v) is 10.0. The first-order valence-corrected chi connectivity index (χ1v) is 11.6. The summed E-state index contributed by atoms with van der Waals surface area (Å²) in [4.78, 5) is 14.4. The molecule has 2 aromatic heterocycles. The maximum Gasteiger partial charge on any atom is 0.208 e. The highest BCUT2D eigenvalue weighted by Gasteiger charge is 2.27. The lowest BCUT2D eigenvalue weighted by atomic mass is 9.96. The Morgan fingerprint density at radius 2 is 1.88 bits per heavy atom. The van der Waals surface area contributed by atoms with Gasteiger partial charge < -0.3 is 4.90 Å². The molecule has 0 amide bonds. The van der Waals surface area contributed by atoms with Gasteiger partial charge in [-0.15, -0.1) is 11.3 Å². The van der Waals surface area contributed by atoms with Crippen LogP contribution in [0.15, 0.2) is 0 Å². The van der Waals surface area contributed by atoms with Crippen LogP contribution >= 0.6 is 11.3 Å². The Kier molecular flexibility index (Phi) is 4.45. The minimum atomic E-state index is -3.14. The van der Waals surface area contributed by atoms with E-state index in [0.29, 0.717) is 0 Å². The van der Waals surface area contributed by atoms with Gasteiger partial charge in [-0.3, -0.25) is 0 Å². The van der Waals surface area contributed by atoms with Crippen LogP contribution in [0.3, 0.4) is 0 Å². The molecule has 3 heterocycles. The lowest BCUT2D eigenvalue weighted by Crippen LogP contribution is -2.44. The summed E-state index contributed by atoms with van der Waals surface area (Å²) in [6, 6.07) is 0.0288. The van der Waals surface area contributed by atoms with Gasteiger partial charge in [-0.2, -0.15) is 0 Å². The molecule has 1 saturated heterocycles. The normalized spacial score (nSPS) is 19.4. The van der Waals surface area contributed by atoms with Crippen molar-refractivity contribution in [3.8, 4) is 0 Å². The molecule has 8 heteroatoms. The molecule has 0 saturated carbocycles. The number of rotatable bonds is 3. The third kappa shape index (κ3) is 3.52. The second kappa shape index (κ2) is 6.48. The molecule has 2 aromatic rings. The third-order valence-corrected chi connectivity index (χ3v) is 7.03. The minimum Gasteiger partial charge on any atom is -0.356 e. The monoisotopic (exact) mass is 380 g/mol. The minimum absolute atomic E-state index is 0.0288. The average Bonchev–Trinajstić information content (AvgIpc) is 2.91. The summed E-state index contributed by atoms with van der Waals surface area (Å²) in [6.07, 6.45) is 7.65. The van der Waals surface area contributed by atoms with Gasteiger partial charge in [0.15, 0.2) is 0 Å². The molecule has 0 bridgehead atoms. The lowest BCUT2D eigenvalue weighted by Gasteiger charge is -2.33. The van der Waals surface area contributed by atoms with Crippen LogP contribution in [0.1, 0.15) is 41.9 Å². The van der Waals surface area contributed by atoms with Crippen molar-refractivity contribution in [2.45, 2.75) is 51.5 Å². The predicted molar refractivity (Wildman–Crippen MR) is 102 cm³/mol. The van der Waals surface area contributed by atoms with Gasteiger partial charge in [0.25, 0.3) is 0 Å². The van der Waals surface area contributed by atoms with Crippen molar-refractivity contribution >= 4 is 37.4 Å². The second-order valence-electron chi connectivity index (χ2n) is 7.14. The Morgan fingerprint density at radius 1 is 1.16 bits per heavy atom. The van der Waals surface area contributed by atoms with Crippen molar-refractivity contribution < 1.29 is 8.42 Å². The number of fused-ring (bicyclic) bond motifs is 3. The van der Waals surface area contributed by atoms with Crippen LogP contribution in [0.5, 0.6) is 0 Å². The van der Waals surface area contributed by atoms with Gasteiger partial charge in [0.2, 0.25) is 10.0 Å². The predicted octanol–water partition coefficient (Wildman–Crippen LogP) is 2.40. The number of nitrogens with one attached hydrogen (secondary N) is 1. The van der Waals surface area contributed by atoms with Gasteiger partial charge in [-0.05, 0) is 51.0 Å². The van der Waals surface area contributed by atoms with E-state index >= 15 is 0 Å². The van der Waals surface area contributed by atoms with Crippen LogP contribution in [0.2, 0.25) is 0 Å². The smallest absolute Gasteiger partial charge is 0.208 e. The highest BCUT2D eigenvalue weighted by Crippen LogP contribution is 2.40. The number of hydrogen-bond donors (Lipinski definition) is 1. The summed E-state index contributed by atoms with van der Waals surface area (Å²) in [7, 11) is -3.14. The fraction of sp³-hybridized carbons (Fsp3) is 0.647. The van der Waals surface area contributed by atoms with Crippen LogP contribution in [-0.2, 0) is 22.9 Å². The topological polar surface area (TPSA) is 75.2 Å². The lowest BCUT2D eigenvalue weighted by molar-refractivity contribution is 0.460. The van der Waals surface area contributed by atoms with Crippen molar-refractivity contribution in [3.05, 3.63) is 16.3 Å². The van der Waals surface area contributed by atoms with E-state index in [4.69, 9.17) is 4.98 Å². The van der Waals surface area contributed by atoms with E-state index in [1.807, 2.05) is 18.3 Å². The first-order chi connectivity index (χ1) is 11.9. The van der Waals surface area contributed by atoms with Crippen LogP contribution in [0.25, 0.3) is 10.2 Å². The Labute approximate surface area is 152 Å². The molecule has 6 nitrogen and oxygen atoms in total. The zero-order valence-electron chi connectivity index (χ0n) is 14.7. The summed E-state index contributed by atoms with van der Waals surface area (Å²) in [5.74, 6) is 1.87. The molecule has 1 aliphatic carbocycles. The van der Waals surface area contributed by atoms with E-state index in [1.54, 1.807) is 0 Å². The molecular formula is C17H24N4O2S2. The van der Waals surface area contributed by atoms with Gasteiger partial charge in [0.1, 0.15) is 16.5 Å². The summed E-state index contributed by atoms with van der Waals surface area (Å²) in [5.41, 5.74) is 1.46. The Balaban J connectivity index is 1.64. The first-order valence-electron chi connectivity index (χ1n) is 8.92. The molecule has 1 fully saturated rings. The summed E-state index contributed by atoms with van der Waals surface area (Å²) in [6.45, 7) is 3.60. The van der Waals surface area contributed by atoms with Crippen LogP contribution in [0, 0.1) is 6.92 Å². The van der Waals surface area contributed by atoms with Gasteiger partial charge in [0.05, 0.1) is 11.6 Å². The third-order valence-electron chi connectivity index (χ3n) is 5.08. The van der Waals surface area contributed by atoms with E-state index in [2.05, 4.69) is 14.6 Å². The number of piperidine rings is 1. The quantitative estimate of drug-likeness (QED) is 0.885. The van der Waals surface area contributed by atoms with Gasteiger partial charge in [-0.25, -0.2) is 23.1 Å². The molecule has 1 aliphatic heterocycles. The molecule has 25 heavy (non-hydrogen) atoms. The van der Waals surface area contributed by atoms with Crippen LogP contribution < -0.4 is 9.62 Å². The number of nitrogens with zero attached hydrogens (tertiary/aromatic N) is 3. The summed E-state index contributed by atoms with van der Waals surface area (Å²) < 4.78 is 25.6. The molecule has 1 N–H and O–H groups in total. The van der Waals surface area contributed by atoms with Gasteiger partial charge in [0, 0.05) is 24.0 Å². The number of hydrogen-bond acceptors (Lipinski definition) is 6. The molecule has 136 valence electrons. The number of thiophene rings is 1. The Morgan fingerprint density at radius 3 is 2.60 bits per heavy atom. The summed E-state index contributed by atoms with van der Waals surface area (Å²) in [5, 5.41) is 1.25. The van der Waals surface area contributed by atoms with E-state index in [9.17, 15) is 8.42 Å². The molecule has 0 aromatic carbocycles. The standard InChI is InChI=1S/C17H24N4O2S2/c1-11-18-16(21-9-7-12(8-10-21)20-25(2,22)23)15-13-5-3-4-6-14(13)24-17(15)19-11/h12,20H,3-10H2,1-2H3. The van der Waals surface area contributed by atoms with E-state index in [0.717, 1.165) is 55.2 Å². The molecule has 4 rings (SSSR count). The van der Waals surface area contributed by atoms with E-state index in [-0.39, 0.29) is 6.04 Å². The fourth-order valence-electron chi connectivity index (χ4n) is 3.98. The molecule has 0 spiro atoms. The number of sulfonamides is 1. The van der Waals surface area contributed by atoms with Crippen molar-refractivity contribution in [1.82, 2.24) is 14.7 Å². The number of anilines is 1. The fourth-order valence-corrected chi connectivity index (χ4v) is 6.13. The molecule has 0 radical (unpaired) electrons. The SMILES string of the molecule is Cc1nc(N2CCC(NS(C)(=O)=O)CC2)c2c3c(sc2n1)CCCC3. The zero-order valence-corrected chi connectivity index (χ0v) is 16.3. The van der Waals surface area contributed by atoms with E-state index in [1.165, 1.54) is 34.9 Å². The van der Waals surface area contributed by atoms with Crippen molar-refractivity contribution in [1.29, 1.82) is 0 Å². The van der Waals surface area contributed by atoms with Gasteiger partial charge in [-0.1, -0.05) is 0 Å². The zero-order chi connectivity index (χ0) is 17.6. The maximum atomic E-state index is 11.5. The average molecular weight is 381 g/mol. The van der Waals surface area contributed by atoms with Crippen molar-refractivity contribution in [3.63, 3.8) is 0 Å². The summed E-state index contributed by atoms with van der Waals surface area (Å²) >= 11 is 1.83. The molecule has 0 unspecified atom stereocenters. The first kappa shape index (κ1) is 17.2. The van der Waals surface area contributed by atoms with Crippen molar-refractivity contribution in [2.75, 3.05) is 24.2 Å². The van der Waals surface area contributed by atoms with E-state index < -0.39 is 10.0 Å². The molecule has 2 aliphatic rings. The van der Waals surface area contributed by atoms with Crippen LogP contribution in [-0.4, -0.2) is 43.8 Å². The van der Waals surface area contributed by atoms with Crippen LogP contribution in [0.4, 0.5) is 5.82 Å².